The molecule has 2 aromatic rings. The molecule has 0 fully saturated rings. The summed E-state index contributed by atoms with van der Waals surface area (Å²) in [6.45, 7) is 6.14. The van der Waals surface area contributed by atoms with E-state index in [0.717, 1.165) is 16.5 Å². The number of fused-ring (bicyclic) bond motifs is 1. The minimum absolute atomic E-state index is 0.152. The van der Waals surface area contributed by atoms with E-state index >= 15 is 0 Å². The minimum atomic E-state index is -1.21. The van der Waals surface area contributed by atoms with E-state index in [1.807, 2.05) is 24.3 Å². The number of imide groups is 1. The first kappa shape index (κ1) is 21.9. The summed E-state index contributed by atoms with van der Waals surface area (Å²) in [6.07, 6.45) is 0.739. The van der Waals surface area contributed by atoms with E-state index < -0.39 is 36.0 Å². The fraction of sp³-hybridized carbons (Fsp3) is 0.400. The van der Waals surface area contributed by atoms with Crippen LogP contribution in [0.15, 0.2) is 30.5 Å². The summed E-state index contributed by atoms with van der Waals surface area (Å²) in [4.78, 5) is 51.0. The van der Waals surface area contributed by atoms with Gasteiger partial charge in [0.1, 0.15) is 6.04 Å². The Morgan fingerprint density at radius 2 is 1.76 bits per heavy atom. The molecule has 1 heterocycles. The molecular formula is C20H26N4O5. The number of aromatic amines is 1. The Kier molecular flexibility index (Phi) is 7.35. The molecule has 156 valence electrons. The zero-order chi connectivity index (χ0) is 21.6. The molecule has 2 atom stereocenters. The maximum Gasteiger partial charge on any atom is 0.329 e. The van der Waals surface area contributed by atoms with Gasteiger partial charge in [-0.25, -0.2) is 9.59 Å². The summed E-state index contributed by atoms with van der Waals surface area (Å²) in [6, 6.07) is 5.76. The number of nitrogens with one attached hydrogen (secondary N) is 4. The van der Waals surface area contributed by atoms with E-state index in [-0.39, 0.29) is 12.5 Å². The number of urea groups is 1. The topological polar surface area (TPSA) is 129 Å². The Hall–Kier alpha value is -3.36. The van der Waals surface area contributed by atoms with Crippen LogP contribution in [0.2, 0.25) is 0 Å². The molecule has 0 aliphatic heterocycles. The number of carbonyl (C=O) groups is 4. The highest BCUT2D eigenvalue weighted by Crippen LogP contribution is 2.19. The summed E-state index contributed by atoms with van der Waals surface area (Å²) in [5, 5.41) is 8.09. The first-order chi connectivity index (χ1) is 13.7. The number of hydrogen-bond donors (Lipinski definition) is 4. The summed E-state index contributed by atoms with van der Waals surface area (Å²) in [7, 11) is 0. The van der Waals surface area contributed by atoms with Crippen LogP contribution in [0.25, 0.3) is 10.9 Å². The number of esters is 1. The highest BCUT2D eigenvalue weighted by molar-refractivity contribution is 5.97. The van der Waals surface area contributed by atoms with Gasteiger partial charge in [-0.15, -0.1) is 0 Å². The highest BCUT2D eigenvalue weighted by Gasteiger charge is 2.27. The Morgan fingerprint density at radius 3 is 2.41 bits per heavy atom. The van der Waals surface area contributed by atoms with Gasteiger partial charge in [0.25, 0.3) is 5.91 Å². The highest BCUT2D eigenvalue weighted by atomic mass is 16.5. The second-order valence-corrected chi connectivity index (χ2v) is 7.01. The zero-order valence-corrected chi connectivity index (χ0v) is 16.9. The molecule has 0 saturated carbocycles. The normalized spacial score (nSPS) is 12.9. The van der Waals surface area contributed by atoms with Gasteiger partial charge in [0.05, 0.1) is 0 Å². The second kappa shape index (κ2) is 9.72. The molecule has 29 heavy (non-hydrogen) atoms. The van der Waals surface area contributed by atoms with E-state index in [1.54, 1.807) is 20.0 Å². The maximum atomic E-state index is 12.6. The fourth-order valence-corrected chi connectivity index (χ4v) is 2.78. The first-order valence-corrected chi connectivity index (χ1v) is 9.31. The fourth-order valence-electron chi connectivity index (χ4n) is 2.78. The van der Waals surface area contributed by atoms with E-state index in [0.29, 0.717) is 0 Å². The van der Waals surface area contributed by atoms with Gasteiger partial charge < -0.3 is 20.4 Å². The third-order valence-electron chi connectivity index (χ3n) is 4.08. The number of ether oxygens (including phenoxy) is 1. The lowest BCUT2D eigenvalue weighted by Crippen LogP contribution is -2.49. The van der Waals surface area contributed by atoms with Crippen molar-refractivity contribution in [3.8, 4) is 0 Å². The van der Waals surface area contributed by atoms with Crippen LogP contribution in [0.4, 0.5) is 4.79 Å². The molecule has 0 radical (unpaired) electrons. The number of aromatic nitrogens is 1. The van der Waals surface area contributed by atoms with Crippen LogP contribution in [0.3, 0.4) is 0 Å². The molecule has 0 saturated heterocycles. The van der Waals surface area contributed by atoms with Gasteiger partial charge >= 0.3 is 12.0 Å². The first-order valence-electron chi connectivity index (χ1n) is 9.31. The Labute approximate surface area is 168 Å². The van der Waals surface area contributed by atoms with Crippen LogP contribution >= 0.6 is 0 Å². The average molecular weight is 402 g/mol. The molecule has 0 unspecified atom stereocenters. The smallest absolute Gasteiger partial charge is 0.329 e. The molecule has 0 spiro atoms. The summed E-state index contributed by atoms with van der Waals surface area (Å²) in [5.74, 6) is -1.93. The van der Waals surface area contributed by atoms with Crippen LogP contribution < -0.4 is 16.0 Å². The van der Waals surface area contributed by atoms with Crippen LogP contribution in [0.5, 0.6) is 0 Å². The van der Waals surface area contributed by atoms with Gasteiger partial charge in [0, 0.05) is 36.5 Å². The van der Waals surface area contributed by atoms with Gasteiger partial charge in [-0.05, 0) is 32.4 Å². The number of hydrogen-bond acceptors (Lipinski definition) is 5. The van der Waals surface area contributed by atoms with Crippen molar-refractivity contribution in [2.24, 2.45) is 0 Å². The van der Waals surface area contributed by atoms with Crippen molar-refractivity contribution in [3.05, 3.63) is 36.0 Å². The maximum absolute atomic E-state index is 12.6. The summed E-state index contributed by atoms with van der Waals surface area (Å²) in [5.41, 5.74) is 1.73. The number of carbonyl (C=O) groups excluding carboxylic acids is 4. The molecule has 1 aromatic heterocycles. The lowest BCUT2D eigenvalue weighted by atomic mass is 10.0. The van der Waals surface area contributed by atoms with Crippen molar-refractivity contribution in [2.45, 2.75) is 52.3 Å². The van der Waals surface area contributed by atoms with Crippen molar-refractivity contribution < 1.29 is 23.9 Å². The van der Waals surface area contributed by atoms with Gasteiger partial charge in [0.2, 0.25) is 5.91 Å². The van der Waals surface area contributed by atoms with Gasteiger partial charge in [-0.1, -0.05) is 18.2 Å². The van der Waals surface area contributed by atoms with Crippen LogP contribution in [-0.4, -0.2) is 47.0 Å². The molecule has 1 aromatic carbocycles. The van der Waals surface area contributed by atoms with Crippen LogP contribution in [-0.2, 0) is 25.5 Å². The van der Waals surface area contributed by atoms with E-state index in [2.05, 4.69) is 20.9 Å². The van der Waals surface area contributed by atoms with Crippen molar-refractivity contribution in [1.29, 1.82) is 0 Å². The monoisotopic (exact) mass is 402 g/mol. The SMILES string of the molecule is CC(=O)N[C@@H](Cc1c[nH]c2ccccc12)C(=O)O[C@H](C)C(=O)NC(=O)NC(C)C. The third kappa shape index (κ3) is 6.34. The van der Waals surface area contributed by atoms with Crippen molar-refractivity contribution >= 4 is 34.7 Å². The number of benzene rings is 1. The summed E-state index contributed by atoms with van der Waals surface area (Å²) < 4.78 is 5.19. The average Bonchev–Trinajstić information content (AvgIpc) is 3.03. The Balaban J connectivity index is 2.05. The largest absolute Gasteiger partial charge is 0.451 e. The second-order valence-electron chi connectivity index (χ2n) is 7.01. The number of para-hydroxylation sites is 1. The summed E-state index contributed by atoms with van der Waals surface area (Å²) >= 11 is 0. The Bertz CT molecular complexity index is 905. The van der Waals surface area contributed by atoms with Gasteiger partial charge in [-0.2, -0.15) is 0 Å². The molecule has 2 rings (SSSR count). The van der Waals surface area contributed by atoms with Gasteiger partial charge in [-0.3, -0.25) is 14.9 Å². The van der Waals surface area contributed by atoms with E-state index in [9.17, 15) is 19.2 Å². The quantitative estimate of drug-likeness (QED) is 0.520. The lowest BCUT2D eigenvalue weighted by molar-refractivity contribution is -0.157. The lowest BCUT2D eigenvalue weighted by Gasteiger charge is -2.20. The van der Waals surface area contributed by atoms with Crippen LogP contribution in [0, 0.1) is 0 Å². The molecule has 4 N–H and O–H groups in total. The molecule has 0 aliphatic carbocycles. The third-order valence-corrected chi connectivity index (χ3v) is 4.08. The van der Waals surface area contributed by atoms with Crippen molar-refractivity contribution in [1.82, 2.24) is 20.9 Å². The van der Waals surface area contributed by atoms with Crippen molar-refractivity contribution in [2.75, 3.05) is 0 Å². The molecule has 0 bridgehead atoms. The zero-order valence-electron chi connectivity index (χ0n) is 16.9. The Morgan fingerprint density at radius 1 is 1.07 bits per heavy atom. The van der Waals surface area contributed by atoms with Gasteiger partial charge in [0.15, 0.2) is 6.10 Å². The van der Waals surface area contributed by atoms with Crippen molar-refractivity contribution in [3.63, 3.8) is 0 Å². The molecule has 9 heteroatoms. The minimum Gasteiger partial charge on any atom is -0.451 e. The predicted molar refractivity (Wildman–Crippen MR) is 107 cm³/mol. The number of rotatable bonds is 7. The predicted octanol–water partition coefficient (Wildman–Crippen LogP) is 1.38. The number of amides is 4. The van der Waals surface area contributed by atoms with Crippen LogP contribution in [0.1, 0.15) is 33.3 Å². The standard InChI is InChI=1S/C20H26N4O5/c1-11(2)22-20(28)24-18(26)12(3)29-19(27)17(23-13(4)25)9-14-10-21-16-8-6-5-7-15(14)16/h5-8,10-12,17,21H,9H2,1-4H3,(H,23,25)(H2,22,24,26,28)/t12-,17+/m1/s1. The van der Waals surface area contributed by atoms with E-state index in [4.69, 9.17) is 4.74 Å². The molecule has 4 amide bonds. The number of H-pyrrole nitrogens is 1. The van der Waals surface area contributed by atoms with E-state index in [1.165, 1.54) is 13.8 Å². The molecule has 0 aliphatic rings. The molecular weight excluding hydrogens is 376 g/mol. The molecule has 9 nitrogen and oxygen atoms in total.